The molecule has 3 N–H and O–H groups in total. The van der Waals surface area contributed by atoms with Crippen LogP contribution < -0.4 is 30.2 Å². The van der Waals surface area contributed by atoms with E-state index in [2.05, 4.69) is 30.9 Å². The number of methoxy groups -OCH3 is 2. The fourth-order valence-electron chi connectivity index (χ4n) is 3.60. The number of benzene rings is 3. The van der Waals surface area contributed by atoms with Crippen LogP contribution in [0.25, 0.3) is 10.9 Å². The summed E-state index contributed by atoms with van der Waals surface area (Å²) in [6.45, 7) is 0. The molecular weight excluding hydrogens is 541 g/mol. The highest BCUT2D eigenvalue weighted by Crippen LogP contribution is 2.36. The quantitative estimate of drug-likeness (QED) is 0.214. The second kappa shape index (κ2) is 12.7. The predicted octanol–water partition coefficient (Wildman–Crippen LogP) is 5.96. The third kappa shape index (κ3) is 7.41. The SMILES string of the molecule is CN/C(=C\C(=N\c1ccccc1)C(F)(F)F)NC(=O)Nc1cccc(Oc2ncnc3cc(OC)c(OC)cc23)c1. The van der Waals surface area contributed by atoms with Crippen molar-refractivity contribution in [1.29, 1.82) is 0 Å². The first-order valence-electron chi connectivity index (χ1n) is 12.0. The highest BCUT2D eigenvalue weighted by Gasteiger charge is 2.34. The van der Waals surface area contributed by atoms with Crippen molar-refractivity contribution in [2.75, 3.05) is 26.6 Å². The van der Waals surface area contributed by atoms with Gasteiger partial charge < -0.3 is 24.8 Å². The van der Waals surface area contributed by atoms with Crippen LogP contribution in [0.15, 0.2) is 89.9 Å². The monoisotopic (exact) mass is 566 g/mol. The molecule has 1 aromatic heterocycles. The predicted molar refractivity (Wildman–Crippen MR) is 148 cm³/mol. The maximum atomic E-state index is 13.6. The van der Waals surface area contributed by atoms with Gasteiger partial charge in [-0.05, 0) is 30.3 Å². The fraction of sp³-hybridized carbons (Fsp3) is 0.143. The van der Waals surface area contributed by atoms with Crippen LogP contribution in [0.5, 0.6) is 23.1 Å². The molecule has 0 radical (unpaired) electrons. The summed E-state index contributed by atoms with van der Waals surface area (Å²) < 4.78 is 57.5. The standard InChI is InChI=1S/C28H25F3N6O4/c1-32-25(15-24(28(29,30)31)35-17-8-5-4-6-9-17)37-27(38)36-18-10-7-11-19(12-18)41-26-20-13-22(39-2)23(40-3)14-21(20)33-16-34-26/h4-16,32H,1-3H3,(H2,36,37,38)/b25-15+,35-24-. The van der Waals surface area contributed by atoms with Crippen LogP contribution in [-0.2, 0) is 0 Å². The van der Waals surface area contributed by atoms with Crippen LogP contribution in [0.3, 0.4) is 0 Å². The Labute approximate surface area is 232 Å². The summed E-state index contributed by atoms with van der Waals surface area (Å²) in [5.74, 6) is 1.29. The van der Waals surface area contributed by atoms with Crippen LogP contribution in [-0.4, -0.2) is 49.2 Å². The number of allylic oxidation sites excluding steroid dienone is 1. The average molecular weight is 567 g/mol. The molecule has 41 heavy (non-hydrogen) atoms. The Kier molecular flexibility index (Phi) is 8.87. The highest BCUT2D eigenvalue weighted by molar-refractivity contribution is 6.02. The van der Waals surface area contributed by atoms with Gasteiger partial charge in [-0.3, -0.25) is 5.32 Å². The molecular formula is C28H25F3N6O4. The first-order chi connectivity index (χ1) is 19.7. The number of aliphatic imine (C=N–C) groups is 1. The number of anilines is 1. The topological polar surface area (TPSA) is 119 Å². The van der Waals surface area contributed by atoms with Crippen molar-refractivity contribution in [3.63, 3.8) is 0 Å². The second-order valence-electron chi connectivity index (χ2n) is 8.25. The lowest BCUT2D eigenvalue weighted by Gasteiger charge is -2.14. The van der Waals surface area contributed by atoms with Crippen LogP contribution in [0, 0.1) is 0 Å². The summed E-state index contributed by atoms with van der Waals surface area (Å²) in [6.07, 6.45) is -2.72. The van der Waals surface area contributed by atoms with Crippen molar-refractivity contribution in [2.24, 2.45) is 4.99 Å². The Hall–Kier alpha value is -5.33. The highest BCUT2D eigenvalue weighted by atomic mass is 19.4. The normalized spacial score (nSPS) is 12.0. The van der Waals surface area contributed by atoms with E-state index in [0.717, 1.165) is 0 Å². The number of urea groups is 1. The molecule has 0 aliphatic heterocycles. The van der Waals surface area contributed by atoms with Gasteiger partial charge in [0.25, 0.3) is 0 Å². The molecule has 10 nitrogen and oxygen atoms in total. The first-order valence-corrected chi connectivity index (χ1v) is 12.0. The van der Waals surface area contributed by atoms with E-state index < -0.39 is 17.9 Å². The molecule has 0 aliphatic carbocycles. The lowest BCUT2D eigenvalue weighted by Crippen LogP contribution is -2.35. The molecule has 0 spiro atoms. The zero-order valence-corrected chi connectivity index (χ0v) is 22.1. The lowest BCUT2D eigenvalue weighted by molar-refractivity contribution is -0.0577. The maximum absolute atomic E-state index is 13.6. The van der Waals surface area contributed by atoms with Gasteiger partial charge >= 0.3 is 12.2 Å². The summed E-state index contributed by atoms with van der Waals surface area (Å²) in [5, 5.41) is 8.01. The van der Waals surface area contributed by atoms with E-state index in [0.29, 0.717) is 39.9 Å². The van der Waals surface area contributed by atoms with Crippen molar-refractivity contribution >= 4 is 34.0 Å². The Bertz CT molecular complexity index is 1590. The minimum Gasteiger partial charge on any atom is -0.493 e. The smallest absolute Gasteiger partial charge is 0.433 e. The molecule has 0 saturated heterocycles. The Morgan fingerprint density at radius 1 is 0.951 bits per heavy atom. The molecule has 212 valence electrons. The fourth-order valence-corrected chi connectivity index (χ4v) is 3.60. The molecule has 0 unspecified atom stereocenters. The number of hydrogen-bond donors (Lipinski definition) is 3. The number of rotatable bonds is 9. The number of hydrogen-bond acceptors (Lipinski definition) is 8. The van der Waals surface area contributed by atoms with E-state index in [4.69, 9.17) is 14.2 Å². The van der Waals surface area contributed by atoms with E-state index >= 15 is 0 Å². The zero-order valence-electron chi connectivity index (χ0n) is 22.1. The van der Waals surface area contributed by atoms with Crippen molar-refractivity contribution in [1.82, 2.24) is 20.6 Å². The number of nitrogens with zero attached hydrogens (tertiary/aromatic N) is 3. The van der Waals surface area contributed by atoms with Gasteiger partial charge in [-0.25, -0.2) is 19.8 Å². The summed E-state index contributed by atoms with van der Waals surface area (Å²) in [6, 6.07) is 16.6. The van der Waals surface area contributed by atoms with E-state index in [9.17, 15) is 18.0 Å². The summed E-state index contributed by atoms with van der Waals surface area (Å²) in [7, 11) is 4.39. The number of carbonyl (C=O) groups is 1. The molecule has 4 aromatic rings. The van der Waals surface area contributed by atoms with Gasteiger partial charge in [-0.1, -0.05) is 24.3 Å². The number of aromatic nitrogens is 2. The van der Waals surface area contributed by atoms with Crippen molar-refractivity contribution in [3.05, 3.63) is 85.0 Å². The largest absolute Gasteiger partial charge is 0.493 e. The maximum Gasteiger partial charge on any atom is 0.433 e. The Morgan fingerprint density at radius 2 is 1.68 bits per heavy atom. The van der Waals surface area contributed by atoms with Crippen LogP contribution in [0.4, 0.5) is 29.3 Å². The van der Waals surface area contributed by atoms with E-state index in [-0.39, 0.29) is 17.4 Å². The third-order valence-corrected chi connectivity index (χ3v) is 5.51. The Morgan fingerprint density at radius 3 is 2.37 bits per heavy atom. The van der Waals surface area contributed by atoms with E-state index in [1.165, 1.54) is 45.8 Å². The summed E-state index contributed by atoms with van der Waals surface area (Å²) >= 11 is 0. The molecule has 0 fully saturated rings. The van der Waals surface area contributed by atoms with Gasteiger partial charge in [0.15, 0.2) is 11.5 Å². The summed E-state index contributed by atoms with van der Waals surface area (Å²) in [4.78, 5) is 24.7. The minimum atomic E-state index is -4.76. The zero-order chi connectivity index (χ0) is 29.4. The number of halogens is 3. The minimum absolute atomic E-state index is 0.113. The molecule has 13 heteroatoms. The number of fused-ring (bicyclic) bond motifs is 1. The van der Waals surface area contributed by atoms with Gasteiger partial charge in [-0.15, -0.1) is 0 Å². The molecule has 2 amide bonds. The van der Waals surface area contributed by atoms with Crippen molar-refractivity contribution in [2.45, 2.75) is 6.18 Å². The van der Waals surface area contributed by atoms with Crippen LogP contribution in [0.1, 0.15) is 0 Å². The molecule has 1 heterocycles. The molecule has 0 atom stereocenters. The molecule has 3 aromatic carbocycles. The van der Waals surface area contributed by atoms with Crippen molar-refractivity contribution < 1.29 is 32.2 Å². The summed E-state index contributed by atoms with van der Waals surface area (Å²) in [5.41, 5.74) is -0.222. The van der Waals surface area contributed by atoms with E-state index in [1.54, 1.807) is 48.5 Å². The molecule has 0 saturated carbocycles. The number of ether oxygens (including phenoxy) is 3. The number of carbonyl (C=O) groups excluding carboxylic acids is 1. The lowest BCUT2D eigenvalue weighted by atomic mass is 10.2. The molecule has 0 aliphatic rings. The van der Waals surface area contributed by atoms with Gasteiger partial charge in [0.05, 0.1) is 30.8 Å². The third-order valence-electron chi connectivity index (χ3n) is 5.51. The van der Waals surface area contributed by atoms with Gasteiger partial charge in [0, 0.05) is 30.9 Å². The first kappa shape index (κ1) is 28.7. The molecule has 4 rings (SSSR count). The number of amides is 2. The van der Waals surface area contributed by atoms with Gasteiger partial charge in [0.1, 0.15) is 23.6 Å². The van der Waals surface area contributed by atoms with Crippen LogP contribution >= 0.6 is 0 Å². The van der Waals surface area contributed by atoms with E-state index in [1.807, 2.05) is 0 Å². The van der Waals surface area contributed by atoms with Gasteiger partial charge in [-0.2, -0.15) is 13.2 Å². The van der Waals surface area contributed by atoms with Crippen molar-refractivity contribution in [3.8, 4) is 23.1 Å². The number of alkyl halides is 3. The van der Waals surface area contributed by atoms with Gasteiger partial charge in [0.2, 0.25) is 5.88 Å². The van der Waals surface area contributed by atoms with Crippen LogP contribution in [0.2, 0.25) is 0 Å². The Balaban J connectivity index is 1.51. The second-order valence-corrected chi connectivity index (χ2v) is 8.25. The molecule has 0 bridgehead atoms. The number of para-hydroxylation sites is 1. The average Bonchev–Trinajstić information content (AvgIpc) is 2.96. The number of nitrogens with one attached hydrogen (secondary N) is 3.